The van der Waals surface area contributed by atoms with Gasteiger partial charge in [0.2, 0.25) is 0 Å². The summed E-state index contributed by atoms with van der Waals surface area (Å²) in [5, 5.41) is 8.92. The quantitative estimate of drug-likeness (QED) is 0.763. The maximum absolute atomic E-state index is 8.92. The number of aromatic nitrogens is 2. The number of hydrogen-bond acceptors (Lipinski definition) is 2. The number of benzene rings is 1. The fourth-order valence-electron chi connectivity index (χ4n) is 1.50. The van der Waals surface area contributed by atoms with Crippen LogP contribution in [0.15, 0.2) is 24.3 Å². The Labute approximate surface area is 88.4 Å². The average Bonchev–Trinajstić information content (AvgIpc) is 2.61. The Balaban J connectivity index is 2.54. The van der Waals surface area contributed by atoms with E-state index in [1.165, 1.54) is 5.56 Å². The molecule has 0 bridgehead atoms. The second-order valence-corrected chi connectivity index (χ2v) is 3.52. The number of imidazole rings is 1. The molecule has 1 aromatic heterocycles. The van der Waals surface area contributed by atoms with Crippen molar-refractivity contribution in [3.63, 3.8) is 0 Å². The van der Waals surface area contributed by atoms with Crippen LogP contribution < -0.4 is 0 Å². The largest absolute Gasteiger partial charge is 0.341 e. The van der Waals surface area contributed by atoms with Gasteiger partial charge in [-0.05, 0) is 13.8 Å². The van der Waals surface area contributed by atoms with E-state index < -0.39 is 0 Å². The van der Waals surface area contributed by atoms with Crippen LogP contribution in [-0.4, -0.2) is 9.97 Å². The third kappa shape index (κ3) is 1.75. The molecule has 2 aromatic rings. The van der Waals surface area contributed by atoms with Gasteiger partial charge < -0.3 is 4.98 Å². The van der Waals surface area contributed by atoms with Gasteiger partial charge in [-0.25, -0.2) is 4.98 Å². The first-order valence-electron chi connectivity index (χ1n) is 4.74. The molecule has 0 radical (unpaired) electrons. The highest BCUT2D eigenvalue weighted by atomic mass is 14.9. The smallest absolute Gasteiger partial charge is 0.166 e. The predicted octanol–water partition coefficient (Wildman–Crippen LogP) is 2.57. The van der Waals surface area contributed by atoms with Crippen molar-refractivity contribution in [2.24, 2.45) is 0 Å². The normalized spacial score (nSPS) is 9.93. The molecular formula is C12H11N3. The lowest BCUT2D eigenvalue weighted by Crippen LogP contribution is -1.82. The number of nitriles is 1. The van der Waals surface area contributed by atoms with Crippen LogP contribution in [0.1, 0.15) is 17.1 Å². The molecule has 1 N–H and O–H groups in total. The van der Waals surface area contributed by atoms with Crippen molar-refractivity contribution in [2.75, 3.05) is 0 Å². The molecule has 15 heavy (non-hydrogen) atoms. The molecule has 0 saturated carbocycles. The summed E-state index contributed by atoms with van der Waals surface area (Å²) in [6.45, 7) is 3.88. The van der Waals surface area contributed by atoms with E-state index in [0.29, 0.717) is 5.69 Å². The first-order chi connectivity index (χ1) is 7.20. The standard InChI is InChI=1S/C12H11N3/c1-8-3-5-10(6-4-8)12-11(7-13)14-9(2)15-12/h3-6H,1-2H3,(H,14,15). The molecule has 1 aromatic carbocycles. The maximum atomic E-state index is 8.92. The molecule has 0 amide bonds. The zero-order valence-electron chi connectivity index (χ0n) is 8.70. The Bertz CT molecular complexity index is 515. The SMILES string of the molecule is Cc1ccc(-c2[nH]c(C)nc2C#N)cc1. The Morgan fingerprint density at radius 3 is 2.47 bits per heavy atom. The number of hydrogen-bond donors (Lipinski definition) is 1. The van der Waals surface area contributed by atoms with E-state index >= 15 is 0 Å². The molecule has 0 spiro atoms. The van der Waals surface area contributed by atoms with E-state index in [2.05, 4.69) is 16.0 Å². The molecule has 2 rings (SSSR count). The molecule has 0 atom stereocenters. The third-order valence-electron chi connectivity index (χ3n) is 2.27. The van der Waals surface area contributed by atoms with Crippen molar-refractivity contribution < 1.29 is 0 Å². The lowest BCUT2D eigenvalue weighted by atomic mass is 10.1. The molecule has 0 aliphatic heterocycles. The predicted molar refractivity (Wildman–Crippen MR) is 58.2 cm³/mol. The molecule has 0 aliphatic rings. The van der Waals surface area contributed by atoms with E-state index in [0.717, 1.165) is 17.1 Å². The lowest BCUT2D eigenvalue weighted by Gasteiger charge is -1.98. The van der Waals surface area contributed by atoms with Gasteiger partial charge in [0.15, 0.2) is 5.69 Å². The van der Waals surface area contributed by atoms with Gasteiger partial charge in [-0.1, -0.05) is 29.8 Å². The van der Waals surface area contributed by atoms with Crippen LogP contribution in [0, 0.1) is 25.2 Å². The Hall–Kier alpha value is -2.08. The Kier molecular flexibility index (Phi) is 2.26. The third-order valence-corrected chi connectivity index (χ3v) is 2.27. The summed E-state index contributed by atoms with van der Waals surface area (Å²) < 4.78 is 0. The highest BCUT2D eigenvalue weighted by molar-refractivity contribution is 5.65. The van der Waals surface area contributed by atoms with Gasteiger partial charge >= 0.3 is 0 Å². The second kappa shape index (κ2) is 3.58. The van der Waals surface area contributed by atoms with E-state index in [9.17, 15) is 0 Å². The van der Waals surface area contributed by atoms with Gasteiger partial charge in [-0.15, -0.1) is 0 Å². The Morgan fingerprint density at radius 2 is 1.87 bits per heavy atom. The molecule has 0 fully saturated rings. The van der Waals surface area contributed by atoms with E-state index in [4.69, 9.17) is 5.26 Å². The highest BCUT2D eigenvalue weighted by Crippen LogP contribution is 2.21. The number of aromatic amines is 1. The first-order valence-corrected chi connectivity index (χ1v) is 4.74. The van der Waals surface area contributed by atoms with Gasteiger partial charge in [0.1, 0.15) is 11.9 Å². The second-order valence-electron chi connectivity index (χ2n) is 3.52. The minimum absolute atomic E-state index is 0.455. The molecule has 74 valence electrons. The maximum Gasteiger partial charge on any atom is 0.166 e. The van der Waals surface area contributed by atoms with Crippen LogP contribution in [0.25, 0.3) is 11.3 Å². The average molecular weight is 197 g/mol. The minimum atomic E-state index is 0.455. The first kappa shape index (κ1) is 9.47. The summed E-state index contributed by atoms with van der Waals surface area (Å²) in [6.07, 6.45) is 0. The summed E-state index contributed by atoms with van der Waals surface area (Å²) in [5.41, 5.74) is 3.46. The van der Waals surface area contributed by atoms with Gasteiger partial charge in [0.25, 0.3) is 0 Å². The fourth-order valence-corrected chi connectivity index (χ4v) is 1.50. The van der Waals surface area contributed by atoms with Crippen LogP contribution in [-0.2, 0) is 0 Å². The van der Waals surface area contributed by atoms with Gasteiger partial charge in [0.05, 0.1) is 5.69 Å². The fraction of sp³-hybridized carbons (Fsp3) is 0.167. The van der Waals surface area contributed by atoms with Crippen LogP contribution in [0.4, 0.5) is 0 Å². The molecular weight excluding hydrogens is 186 g/mol. The van der Waals surface area contributed by atoms with Crippen LogP contribution in [0.2, 0.25) is 0 Å². The molecule has 1 heterocycles. The summed E-state index contributed by atoms with van der Waals surface area (Å²) in [5.74, 6) is 0.766. The van der Waals surface area contributed by atoms with Gasteiger partial charge in [0, 0.05) is 5.56 Å². The summed E-state index contributed by atoms with van der Waals surface area (Å²) in [7, 11) is 0. The number of nitrogens with zero attached hydrogens (tertiary/aromatic N) is 2. The van der Waals surface area contributed by atoms with Crippen molar-refractivity contribution in [1.82, 2.24) is 9.97 Å². The highest BCUT2D eigenvalue weighted by Gasteiger charge is 2.08. The van der Waals surface area contributed by atoms with Gasteiger partial charge in [-0.3, -0.25) is 0 Å². The summed E-state index contributed by atoms with van der Waals surface area (Å²) in [6, 6.07) is 10.1. The number of nitrogens with one attached hydrogen (secondary N) is 1. The van der Waals surface area contributed by atoms with Crippen molar-refractivity contribution in [2.45, 2.75) is 13.8 Å². The van der Waals surface area contributed by atoms with E-state index in [1.54, 1.807) is 0 Å². The number of aryl methyl sites for hydroxylation is 2. The van der Waals surface area contributed by atoms with E-state index in [1.807, 2.05) is 38.1 Å². The molecule has 0 unspecified atom stereocenters. The van der Waals surface area contributed by atoms with Gasteiger partial charge in [-0.2, -0.15) is 5.26 Å². The molecule has 0 aliphatic carbocycles. The van der Waals surface area contributed by atoms with Crippen molar-refractivity contribution in [3.05, 3.63) is 41.3 Å². The van der Waals surface area contributed by atoms with Crippen LogP contribution >= 0.6 is 0 Å². The van der Waals surface area contributed by atoms with E-state index in [-0.39, 0.29) is 0 Å². The van der Waals surface area contributed by atoms with Crippen LogP contribution in [0.3, 0.4) is 0 Å². The lowest BCUT2D eigenvalue weighted by molar-refractivity contribution is 1.14. The molecule has 0 saturated heterocycles. The zero-order chi connectivity index (χ0) is 10.8. The topological polar surface area (TPSA) is 52.5 Å². The molecule has 3 heteroatoms. The summed E-state index contributed by atoms with van der Waals surface area (Å²) in [4.78, 5) is 7.21. The van der Waals surface area contributed by atoms with Crippen molar-refractivity contribution in [1.29, 1.82) is 5.26 Å². The van der Waals surface area contributed by atoms with Crippen molar-refractivity contribution in [3.8, 4) is 17.3 Å². The number of rotatable bonds is 1. The Morgan fingerprint density at radius 1 is 1.20 bits per heavy atom. The molecule has 3 nitrogen and oxygen atoms in total. The summed E-state index contributed by atoms with van der Waals surface area (Å²) >= 11 is 0. The van der Waals surface area contributed by atoms with Crippen molar-refractivity contribution >= 4 is 0 Å². The number of H-pyrrole nitrogens is 1. The monoisotopic (exact) mass is 197 g/mol. The van der Waals surface area contributed by atoms with Crippen LogP contribution in [0.5, 0.6) is 0 Å². The zero-order valence-corrected chi connectivity index (χ0v) is 8.70. The minimum Gasteiger partial charge on any atom is -0.341 e.